The number of carbonyl (C=O) groups is 2. The highest BCUT2D eigenvalue weighted by Crippen LogP contribution is 2.44. The number of hydrogen-bond donors (Lipinski definition) is 1. The van der Waals surface area contributed by atoms with Crippen molar-refractivity contribution in [2.45, 2.75) is 53.4 Å². The van der Waals surface area contributed by atoms with Crippen LogP contribution in [0.15, 0.2) is 35.2 Å². The molecule has 1 unspecified atom stereocenters. The Hall–Kier alpha value is -1.84. The fourth-order valence-electron chi connectivity index (χ4n) is 3.64. The van der Waals surface area contributed by atoms with Crippen molar-refractivity contribution in [1.82, 2.24) is 5.32 Å². The third-order valence-corrected chi connectivity index (χ3v) is 4.49. The predicted molar refractivity (Wildman–Crippen MR) is 90.4 cm³/mol. The van der Waals surface area contributed by atoms with Crippen molar-refractivity contribution in [3.63, 3.8) is 0 Å². The maximum Gasteiger partial charge on any atom is 0.336 e. The second-order valence-corrected chi connectivity index (χ2v) is 7.23. The summed E-state index contributed by atoms with van der Waals surface area (Å²) in [6.45, 7) is 11.9. The van der Waals surface area contributed by atoms with Gasteiger partial charge in [-0.25, -0.2) is 4.79 Å². The van der Waals surface area contributed by atoms with E-state index in [-0.39, 0.29) is 29.7 Å². The van der Waals surface area contributed by atoms with Crippen LogP contribution < -0.4 is 5.32 Å². The summed E-state index contributed by atoms with van der Waals surface area (Å²) in [5.74, 6) is -0.349. The minimum atomic E-state index is -0.350. The molecular formula is C19H27NO3. The summed E-state index contributed by atoms with van der Waals surface area (Å²) in [5, 5.41) is 3.31. The largest absolute Gasteiger partial charge is 0.458 e. The number of carbonyl (C=O) groups excluding carboxylic acids is 2. The molecule has 0 aromatic rings. The van der Waals surface area contributed by atoms with E-state index < -0.39 is 0 Å². The number of esters is 1. The Kier molecular flexibility index (Phi) is 5.12. The molecule has 1 aliphatic carbocycles. The number of dihydropyridines is 1. The molecule has 4 heteroatoms. The van der Waals surface area contributed by atoms with E-state index >= 15 is 0 Å². The zero-order chi connectivity index (χ0) is 17.2. The van der Waals surface area contributed by atoms with E-state index in [1.165, 1.54) is 0 Å². The maximum atomic E-state index is 12.7. The van der Waals surface area contributed by atoms with Gasteiger partial charge in [0.15, 0.2) is 5.78 Å². The predicted octanol–water partition coefficient (Wildman–Crippen LogP) is 3.65. The smallest absolute Gasteiger partial charge is 0.336 e. The molecule has 0 bridgehead atoms. The number of allylic oxidation sites excluding steroid dienone is 3. The molecule has 23 heavy (non-hydrogen) atoms. The van der Waals surface area contributed by atoms with Crippen LogP contribution in [-0.4, -0.2) is 18.4 Å². The van der Waals surface area contributed by atoms with Crippen molar-refractivity contribution in [2.24, 2.45) is 11.3 Å². The van der Waals surface area contributed by atoms with E-state index in [1.807, 2.05) is 6.92 Å². The van der Waals surface area contributed by atoms with Crippen molar-refractivity contribution < 1.29 is 14.3 Å². The number of hydrogen-bond acceptors (Lipinski definition) is 4. The average molecular weight is 317 g/mol. The monoisotopic (exact) mass is 317 g/mol. The molecule has 0 aromatic carbocycles. The quantitative estimate of drug-likeness (QED) is 0.621. The first kappa shape index (κ1) is 17.5. The van der Waals surface area contributed by atoms with E-state index in [9.17, 15) is 9.59 Å². The molecule has 0 saturated carbocycles. The first-order valence-electron chi connectivity index (χ1n) is 8.32. The van der Waals surface area contributed by atoms with Crippen LogP contribution in [0.2, 0.25) is 0 Å². The first-order valence-corrected chi connectivity index (χ1v) is 8.32. The Morgan fingerprint density at radius 1 is 1.43 bits per heavy atom. The second kappa shape index (κ2) is 6.73. The molecule has 0 spiro atoms. The topological polar surface area (TPSA) is 55.4 Å². The fourth-order valence-corrected chi connectivity index (χ4v) is 3.64. The van der Waals surface area contributed by atoms with E-state index in [1.54, 1.807) is 6.08 Å². The van der Waals surface area contributed by atoms with Crippen LogP contribution in [0.3, 0.4) is 0 Å². The van der Waals surface area contributed by atoms with Crippen LogP contribution in [0.25, 0.3) is 0 Å². The van der Waals surface area contributed by atoms with Gasteiger partial charge in [0.1, 0.15) is 6.61 Å². The lowest BCUT2D eigenvalue weighted by molar-refractivity contribution is -0.138. The Morgan fingerprint density at radius 2 is 2.13 bits per heavy atom. The molecule has 1 heterocycles. The van der Waals surface area contributed by atoms with E-state index in [0.717, 1.165) is 36.2 Å². The lowest BCUT2D eigenvalue weighted by Gasteiger charge is -2.39. The zero-order valence-electron chi connectivity index (χ0n) is 14.6. The Morgan fingerprint density at radius 3 is 2.74 bits per heavy atom. The van der Waals surface area contributed by atoms with E-state index in [2.05, 4.69) is 32.7 Å². The van der Waals surface area contributed by atoms with Crippen LogP contribution in [0.5, 0.6) is 0 Å². The van der Waals surface area contributed by atoms with Crippen LogP contribution in [0.4, 0.5) is 0 Å². The molecular weight excluding hydrogens is 290 g/mol. The van der Waals surface area contributed by atoms with Gasteiger partial charge in [-0.3, -0.25) is 4.79 Å². The molecule has 4 nitrogen and oxygen atoms in total. The lowest BCUT2D eigenvalue weighted by Crippen LogP contribution is -2.39. The summed E-state index contributed by atoms with van der Waals surface area (Å²) >= 11 is 0. The standard InChI is InChI=1S/C19H27NO3/c1-6-8-13-16(18(22)23-9-7-2)12(3)20-14-10-19(4,5)11-15(21)17(13)14/h7,13,20H,2,6,8-11H2,1,3-5H3. The molecule has 0 radical (unpaired) electrons. The van der Waals surface area contributed by atoms with Gasteiger partial charge in [0, 0.05) is 29.3 Å². The van der Waals surface area contributed by atoms with Gasteiger partial charge in [-0.15, -0.1) is 0 Å². The number of ether oxygens (including phenoxy) is 1. The molecule has 1 atom stereocenters. The van der Waals surface area contributed by atoms with Crippen molar-refractivity contribution >= 4 is 11.8 Å². The van der Waals surface area contributed by atoms with Gasteiger partial charge in [-0.2, -0.15) is 0 Å². The zero-order valence-corrected chi connectivity index (χ0v) is 14.6. The lowest BCUT2D eigenvalue weighted by atomic mass is 9.69. The minimum absolute atomic E-state index is 0.0409. The number of nitrogens with one attached hydrogen (secondary N) is 1. The van der Waals surface area contributed by atoms with Crippen molar-refractivity contribution in [1.29, 1.82) is 0 Å². The molecule has 2 rings (SSSR count). The summed E-state index contributed by atoms with van der Waals surface area (Å²) in [7, 11) is 0. The molecule has 0 aromatic heterocycles. The number of ketones is 1. The number of rotatable bonds is 5. The van der Waals surface area contributed by atoms with Gasteiger partial charge in [0.05, 0.1) is 5.57 Å². The van der Waals surface area contributed by atoms with Crippen LogP contribution in [-0.2, 0) is 14.3 Å². The SMILES string of the molecule is C=CCOC(=O)C1=C(C)NC2=C(C(=O)CC(C)(C)C2)C1CCC. The summed E-state index contributed by atoms with van der Waals surface area (Å²) < 4.78 is 5.24. The van der Waals surface area contributed by atoms with Crippen molar-refractivity contribution in [2.75, 3.05) is 6.61 Å². The number of Topliss-reactive ketones (excluding diaryl/α,β-unsaturated/α-hetero) is 1. The van der Waals surface area contributed by atoms with Gasteiger partial charge < -0.3 is 10.1 Å². The highest BCUT2D eigenvalue weighted by molar-refractivity contribution is 6.02. The molecule has 1 aliphatic heterocycles. The summed E-state index contributed by atoms with van der Waals surface area (Å²) in [4.78, 5) is 25.2. The van der Waals surface area contributed by atoms with Crippen LogP contribution in [0.1, 0.15) is 53.4 Å². The third-order valence-electron chi connectivity index (χ3n) is 4.49. The van der Waals surface area contributed by atoms with Crippen LogP contribution >= 0.6 is 0 Å². The van der Waals surface area contributed by atoms with E-state index in [4.69, 9.17) is 4.74 Å². The maximum absolute atomic E-state index is 12.7. The molecule has 0 saturated heterocycles. The van der Waals surface area contributed by atoms with Crippen molar-refractivity contribution in [3.05, 3.63) is 35.2 Å². The Balaban J connectivity index is 2.41. The molecule has 1 N–H and O–H groups in total. The Bertz CT molecular complexity index is 596. The molecule has 2 aliphatic rings. The van der Waals surface area contributed by atoms with Gasteiger partial charge in [0.25, 0.3) is 0 Å². The summed E-state index contributed by atoms with van der Waals surface area (Å²) in [6, 6.07) is 0. The first-order chi connectivity index (χ1) is 10.8. The second-order valence-electron chi connectivity index (χ2n) is 7.23. The summed E-state index contributed by atoms with van der Waals surface area (Å²) in [6.07, 6.45) is 4.60. The van der Waals surface area contributed by atoms with Crippen molar-refractivity contribution in [3.8, 4) is 0 Å². The molecule has 126 valence electrons. The van der Waals surface area contributed by atoms with Gasteiger partial charge in [0.2, 0.25) is 0 Å². The minimum Gasteiger partial charge on any atom is -0.458 e. The highest BCUT2D eigenvalue weighted by Gasteiger charge is 2.41. The molecule has 0 fully saturated rings. The van der Waals surface area contributed by atoms with E-state index in [0.29, 0.717) is 12.0 Å². The average Bonchev–Trinajstić information content (AvgIpc) is 2.43. The summed E-state index contributed by atoms with van der Waals surface area (Å²) in [5.41, 5.74) is 3.15. The Labute approximate surface area is 138 Å². The molecule has 0 amide bonds. The van der Waals surface area contributed by atoms with Crippen LogP contribution in [0, 0.1) is 11.3 Å². The van der Waals surface area contributed by atoms with Gasteiger partial charge >= 0.3 is 5.97 Å². The normalized spacial score (nSPS) is 23.3. The van der Waals surface area contributed by atoms with Gasteiger partial charge in [-0.1, -0.05) is 39.8 Å². The highest BCUT2D eigenvalue weighted by atomic mass is 16.5. The fraction of sp³-hybridized carbons (Fsp3) is 0.579. The third kappa shape index (κ3) is 3.57. The van der Waals surface area contributed by atoms with Gasteiger partial charge in [-0.05, 0) is 25.2 Å².